The fourth-order valence-corrected chi connectivity index (χ4v) is 2.40. The molecule has 1 aromatic carbocycles. The Morgan fingerprint density at radius 1 is 1.35 bits per heavy atom. The number of hydrogen-bond donors (Lipinski definition) is 2. The molecule has 6 heteroatoms. The number of carbonyl (C=O) groups excluding carboxylic acids is 1. The zero-order valence-corrected chi connectivity index (χ0v) is 11.5. The first-order valence-corrected chi connectivity index (χ1v) is 6.44. The van der Waals surface area contributed by atoms with E-state index < -0.39 is 11.9 Å². The number of carbonyl (C=O) groups is 2. The van der Waals surface area contributed by atoms with Gasteiger partial charge in [0, 0.05) is 13.1 Å². The van der Waals surface area contributed by atoms with Gasteiger partial charge in [0.05, 0.1) is 18.7 Å². The summed E-state index contributed by atoms with van der Waals surface area (Å²) < 4.78 is 5.16. The monoisotopic (exact) mass is 278 g/mol. The first kappa shape index (κ1) is 14.2. The summed E-state index contributed by atoms with van der Waals surface area (Å²) in [4.78, 5) is 24.7. The van der Waals surface area contributed by atoms with Gasteiger partial charge >= 0.3 is 12.0 Å². The van der Waals surface area contributed by atoms with Crippen LogP contribution in [-0.2, 0) is 4.79 Å². The number of methoxy groups -OCH3 is 1. The van der Waals surface area contributed by atoms with Crippen LogP contribution in [0.5, 0.6) is 5.75 Å². The first-order valence-electron chi connectivity index (χ1n) is 6.44. The van der Waals surface area contributed by atoms with Crippen molar-refractivity contribution in [2.45, 2.75) is 6.92 Å². The first-order chi connectivity index (χ1) is 9.52. The minimum absolute atomic E-state index is 0.0454. The molecule has 0 saturated carbocycles. The standard InChI is InChI=1S/C14H18N2O4/c1-9-7-16(8-10(9)13(17)18)14(19)15-11-5-3-4-6-12(11)20-2/h3-6,9-10H,7-8H2,1-2H3,(H,15,19)(H,17,18)/t9-,10-/m1/s1. The zero-order valence-electron chi connectivity index (χ0n) is 11.5. The molecule has 1 aliphatic rings. The van der Waals surface area contributed by atoms with Crippen molar-refractivity contribution in [1.29, 1.82) is 0 Å². The number of nitrogens with zero attached hydrogens (tertiary/aromatic N) is 1. The minimum Gasteiger partial charge on any atom is -0.495 e. The van der Waals surface area contributed by atoms with Crippen LogP contribution in [0.15, 0.2) is 24.3 Å². The summed E-state index contributed by atoms with van der Waals surface area (Å²) >= 11 is 0. The number of hydrogen-bond acceptors (Lipinski definition) is 3. The average molecular weight is 278 g/mol. The van der Waals surface area contributed by atoms with E-state index in [2.05, 4.69) is 5.32 Å². The Balaban J connectivity index is 2.04. The predicted octanol–water partition coefficient (Wildman–Crippen LogP) is 1.88. The van der Waals surface area contributed by atoms with Crippen LogP contribution in [0.3, 0.4) is 0 Å². The van der Waals surface area contributed by atoms with Crippen LogP contribution in [0.1, 0.15) is 6.92 Å². The molecule has 0 bridgehead atoms. The van der Waals surface area contributed by atoms with Crippen LogP contribution in [0.2, 0.25) is 0 Å². The molecule has 1 heterocycles. The third-order valence-corrected chi connectivity index (χ3v) is 3.57. The van der Waals surface area contributed by atoms with Gasteiger partial charge in [-0.05, 0) is 18.1 Å². The van der Waals surface area contributed by atoms with Gasteiger partial charge in [0.25, 0.3) is 0 Å². The van der Waals surface area contributed by atoms with Crippen molar-refractivity contribution in [3.05, 3.63) is 24.3 Å². The van der Waals surface area contributed by atoms with E-state index in [4.69, 9.17) is 9.84 Å². The summed E-state index contributed by atoms with van der Waals surface area (Å²) in [6.07, 6.45) is 0. The molecule has 1 aliphatic heterocycles. The second-order valence-electron chi connectivity index (χ2n) is 4.96. The van der Waals surface area contributed by atoms with Gasteiger partial charge < -0.3 is 20.1 Å². The summed E-state index contributed by atoms with van der Waals surface area (Å²) in [6, 6.07) is 6.80. The van der Waals surface area contributed by atoms with Crippen LogP contribution in [0, 0.1) is 11.8 Å². The lowest BCUT2D eigenvalue weighted by molar-refractivity contribution is -0.142. The molecule has 2 amide bonds. The van der Waals surface area contributed by atoms with Crippen molar-refractivity contribution in [1.82, 2.24) is 4.90 Å². The van der Waals surface area contributed by atoms with Gasteiger partial charge in [0.2, 0.25) is 0 Å². The number of nitrogens with one attached hydrogen (secondary N) is 1. The molecule has 0 aromatic heterocycles. The van der Waals surface area contributed by atoms with E-state index in [1.807, 2.05) is 13.0 Å². The Bertz CT molecular complexity index is 518. The number of rotatable bonds is 3. The summed E-state index contributed by atoms with van der Waals surface area (Å²) in [7, 11) is 1.53. The molecular weight excluding hydrogens is 260 g/mol. The Labute approximate surface area is 117 Å². The maximum absolute atomic E-state index is 12.2. The van der Waals surface area contributed by atoms with Crippen LogP contribution >= 0.6 is 0 Å². The number of carboxylic acid groups (broad SMARTS) is 1. The lowest BCUT2D eigenvalue weighted by Gasteiger charge is -2.18. The van der Waals surface area contributed by atoms with Gasteiger partial charge in [-0.3, -0.25) is 4.79 Å². The number of anilines is 1. The largest absolute Gasteiger partial charge is 0.495 e. The molecule has 20 heavy (non-hydrogen) atoms. The second kappa shape index (κ2) is 5.81. The predicted molar refractivity (Wildman–Crippen MR) is 73.9 cm³/mol. The summed E-state index contributed by atoms with van der Waals surface area (Å²) in [6.45, 7) is 2.52. The number of benzene rings is 1. The van der Waals surface area contributed by atoms with Gasteiger partial charge in [-0.2, -0.15) is 0 Å². The van der Waals surface area contributed by atoms with Crippen LogP contribution in [0.4, 0.5) is 10.5 Å². The molecule has 1 fully saturated rings. The lowest BCUT2D eigenvalue weighted by Crippen LogP contribution is -2.33. The summed E-state index contributed by atoms with van der Waals surface area (Å²) in [5, 5.41) is 11.8. The highest BCUT2D eigenvalue weighted by Crippen LogP contribution is 2.26. The van der Waals surface area contributed by atoms with Crippen LogP contribution < -0.4 is 10.1 Å². The third kappa shape index (κ3) is 2.84. The van der Waals surface area contributed by atoms with Crippen molar-refractivity contribution in [2.75, 3.05) is 25.5 Å². The molecule has 1 saturated heterocycles. The Kier molecular flexibility index (Phi) is 4.12. The molecule has 1 aromatic rings. The van der Waals surface area contributed by atoms with E-state index in [0.29, 0.717) is 18.0 Å². The van der Waals surface area contributed by atoms with Crippen molar-refractivity contribution in [3.8, 4) is 5.75 Å². The second-order valence-corrected chi connectivity index (χ2v) is 4.96. The fraction of sp³-hybridized carbons (Fsp3) is 0.429. The highest BCUT2D eigenvalue weighted by Gasteiger charge is 2.37. The van der Waals surface area contributed by atoms with Gasteiger partial charge in [0.15, 0.2) is 0 Å². The van der Waals surface area contributed by atoms with E-state index in [9.17, 15) is 9.59 Å². The zero-order chi connectivity index (χ0) is 14.7. The Morgan fingerprint density at radius 3 is 2.65 bits per heavy atom. The molecule has 0 unspecified atom stereocenters. The summed E-state index contributed by atoms with van der Waals surface area (Å²) in [5.41, 5.74) is 0.575. The van der Waals surface area contributed by atoms with E-state index in [0.717, 1.165) is 0 Å². The maximum atomic E-state index is 12.2. The number of carboxylic acids is 1. The number of amides is 2. The van der Waals surface area contributed by atoms with Crippen LogP contribution in [-0.4, -0.2) is 42.2 Å². The van der Waals surface area contributed by atoms with Crippen molar-refractivity contribution in [3.63, 3.8) is 0 Å². The quantitative estimate of drug-likeness (QED) is 0.884. The molecule has 6 nitrogen and oxygen atoms in total. The molecule has 2 atom stereocenters. The molecule has 108 valence electrons. The fourth-order valence-electron chi connectivity index (χ4n) is 2.40. The molecule has 0 spiro atoms. The van der Waals surface area contributed by atoms with Crippen LogP contribution in [0.25, 0.3) is 0 Å². The lowest BCUT2D eigenvalue weighted by atomic mass is 9.99. The number of likely N-dealkylation sites (tertiary alicyclic amines) is 1. The highest BCUT2D eigenvalue weighted by molar-refractivity contribution is 5.91. The Hall–Kier alpha value is -2.24. The number of urea groups is 1. The third-order valence-electron chi connectivity index (χ3n) is 3.57. The van der Waals surface area contributed by atoms with E-state index in [1.54, 1.807) is 18.2 Å². The maximum Gasteiger partial charge on any atom is 0.321 e. The molecule has 0 aliphatic carbocycles. The number of para-hydroxylation sites is 2. The van der Waals surface area contributed by atoms with Gasteiger partial charge in [0.1, 0.15) is 5.75 Å². The van der Waals surface area contributed by atoms with E-state index in [-0.39, 0.29) is 18.5 Å². The van der Waals surface area contributed by atoms with E-state index >= 15 is 0 Å². The van der Waals surface area contributed by atoms with Crippen molar-refractivity contribution >= 4 is 17.7 Å². The molecule has 0 radical (unpaired) electrons. The molecule has 2 rings (SSSR count). The highest BCUT2D eigenvalue weighted by atomic mass is 16.5. The minimum atomic E-state index is -0.856. The summed E-state index contributed by atoms with van der Waals surface area (Å²) in [5.74, 6) is -0.831. The topological polar surface area (TPSA) is 78.9 Å². The molecule has 2 N–H and O–H groups in total. The Morgan fingerprint density at radius 2 is 2.05 bits per heavy atom. The van der Waals surface area contributed by atoms with Crippen molar-refractivity contribution in [2.24, 2.45) is 11.8 Å². The number of ether oxygens (including phenoxy) is 1. The number of aliphatic carboxylic acids is 1. The van der Waals surface area contributed by atoms with Crippen molar-refractivity contribution < 1.29 is 19.4 Å². The average Bonchev–Trinajstić information content (AvgIpc) is 2.81. The molecular formula is C14H18N2O4. The van der Waals surface area contributed by atoms with Gasteiger partial charge in [-0.15, -0.1) is 0 Å². The SMILES string of the molecule is COc1ccccc1NC(=O)N1C[C@@H](C)[C@H](C(=O)O)C1. The van der Waals surface area contributed by atoms with E-state index in [1.165, 1.54) is 12.0 Å². The smallest absolute Gasteiger partial charge is 0.321 e. The van der Waals surface area contributed by atoms with Gasteiger partial charge in [-0.25, -0.2) is 4.79 Å². The normalized spacial score (nSPS) is 21.6. The van der Waals surface area contributed by atoms with Gasteiger partial charge in [-0.1, -0.05) is 19.1 Å².